The standard InChI is InChI=1S/C22H19ClF3N3O4S/c1-31-15-6-4-5-12(18(15)33-3)19-13-9-11(23)7-8-14(13)29-20(16(34-19)10-17(30)32-2)27-28-21(29)22(24,25)26/h4-9,16,19H,10H2,1-3H3/t16-,19-/m1/s1. The van der Waals surface area contributed by atoms with Gasteiger partial charge in [0.25, 0.3) is 0 Å². The summed E-state index contributed by atoms with van der Waals surface area (Å²) in [5.74, 6) is -0.941. The minimum Gasteiger partial charge on any atom is -0.493 e. The summed E-state index contributed by atoms with van der Waals surface area (Å²) in [6, 6.07) is 9.83. The lowest BCUT2D eigenvalue weighted by Crippen LogP contribution is -2.17. The molecule has 3 aromatic rings. The fraction of sp³-hybridized carbons (Fsp3) is 0.318. The van der Waals surface area contributed by atoms with Crippen LogP contribution in [0.25, 0.3) is 5.69 Å². The Morgan fingerprint density at radius 2 is 1.88 bits per heavy atom. The third kappa shape index (κ3) is 4.29. The molecule has 180 valence electrons. The van der Waals surface area contributed by atoms with E-state index in [0.29, 0.717) is 27.6 Å². The van der Waals surface area contributed by atoms with E-state index in [4.69, 9.17) is 25.8 Å². The molecule has 2 atom stereocenters. The Kier molecular flexibility index (Phi) is 6.68. The highest BCUT2D eigenvalue weighted by molar-refractivity contribution is 8.00. The minimum absolute atomic E-state index is 0.0179. The van der Waals surface area contributed by atoms with E-state index in [2.05, 4.69) is 10.2 Å². The molecule has 0 amide bonds. The van der Waals surface area contributed by atoms with Crippen LogP contribution in [-0.2, 0) is 15.7 Å². The molecule has 0 saturated carbocycles. The van der Waals surface area contributed by atoms with Gasteiger partial charge in [-0.2, -0.15) is 13.2 Å². The van der Waals surface area contributed by atoms with Crippen molar-refractivity contribution in [3.63, 3.8) is 0 Å². The van der Waals surface area contributed by atoms with Gasteiger partial charge < -0.3 is 14.2 Å². The lowest BCUT2D eigenvalue weighted by Gasteiger charge is -2.23. The van der Waals surface area contributed by atoms with Crippen LogP contribution in [0.2, 0.25) is 5.02 Å². The highest BCUT2D eigenvalue weighted by atomic mass is 35.5. The Balaban J connectivity index is 2.02. The number of carbonyl (C=O) groups is 1. The summed E-state index contributed by atoms with van der Waals surface area (Å²) in [6.07, 6.45) is -5.00. The number of hydrogen-bond donors (Lipinski definition) is 0. The third-order valence-corrected chi connectivity index (χ3v) is 7.06. The first kappa shape index (κ1) is 24.2. The van der Waals surface area contributed by atoms with Crippen LogP contribution in [0.1, 0.15) is 39.7 Å². The average Bonchev–Trinajstić information content (AvgIpc) is 3.22. The predicted molar refractivity (Wildman–Crippen MR) is 120 cm³/mol. The molecule has 1 aliphatic heterocycles. The predicted octanol–water partition coefficient (Wildman–Crippen LogP) is 5.40. The highest BCUT2D eigenvalue weighted by Gasteiger charge is 2.43. The molecule has 2 heterocycles. The molecule has 7 nitrogen and oxygen atoms in total. The number of hydrogen-bond acceptors (Lipinski definition) is 7. The fourth-order valence-electron chi connectivity index (χ4n) is 3.90. The molecule has 0 saturated heterocycles. The van der Waals surface area contributed by atoms with Crippen molar-refractivity contribution in [2.75, 3.05) is 21.3 Å². The second-order valence-corrected chi connectivity index (χ2v) is 9.03. The maximum absolute atomic E-state index is 13.9. The van der Waals surface area contributed by atoms with Crippen LogP contribution in [0.15, 0.2) is 36.4 Å². The Labute approximate surface area is 202 Å². The highest BCUT2D eigenvalue weighted by Crippen LogP contribution is 2.54. The van der Waals surface area contributed by atoms with Gasteiger partial charge >= 0.3 is 12.1 Å². The third-order valence-electron chi connectivity index (χ3n) is 5.34. The zero-order chi connectivity index (χ0) is 24.6. The summed E-state index contributed by atoms with van der Waals surface area (Å²) >= 11 is 7.52. The molecule has 4 rings (SSSR count). The first-order valence-corrected chi connectivity index (χ1v) is 11.3. The number of carbonyl (C=O) groups excluding carboxylic acids is 1. The number of methoxy groups -OCH3 is 3. The van der Waals surface area contributed by atoms with E-state index in [1.54, 1.807) is 24.3 Å². The quantitative estimate of drug-likeness (QED) is 0.423. The number of ether oxygens (including phenoxy) is 3. The number of para-hydroxylation sites is 1. The number of esters is 1. The van der Waals surface area contributed by atoms with Crippen molar-refractivity contribution in [2.45, 2.75) is 23.1 Å². The molecular weight excluding hydrogens is 495 g/mol. The molecule has 0 fully saturated rings. The number of alkyl halides is 3. The second-order valence-electron chi connectivity index (χ2n) is 7.29. The molecule has 0 spiro atoms. The van der Waals surface area contributed by atoms with Gasteiger partial charge in [-0.05, 0) is 29.8 Å². The van der Waals surface area contributed by atoms with Crippen molar-refractivity contribution >= 4 is 29.3 Å². The van der Waals surface area contributed by atoms with Crippen molar-refractivity contribution in [2.24, 2.45) is 0 Å². The van der Waals surface area contributed by atoms with Gasteiger partial charge in [0, 0.05) is 10.6 Å². The number of benzene rings is 2. The fourth-order valence-corrected chi connectivity index (χ4v) is 5.58. The molecule has 34 heavy (non-hydrogen) atoms. The van der Waals surface area contributed by atoms with Crippen LogP contribution >= 0.6 is 23.4 Å². The van der Waals surface area contributed by atoms with Gasteiger partial charge in [0.15, 0.2) is 17.3 Å². The Bertz CT molecular complexity index is 1230. The van der Waals surface area contributed by atoms with Crippen LogP contribution < -0.4 is 9.47 Å². The van der Waals surface area contributed by atoms with E-state index < -0.39 is 28.5 Å². The first-order chi connectivity index (χ1) is 16.2. The summed E-state index contributed by atoms with van der Waals surface area (Å²) < 4.78 is 58.5. The Morgan fingerprint density at radius 1 is 1.12 bits per heavy atom. The number of nitrogens with zero attached hydrogens (tertiary/aromatic N) is 3. The SMILES string of the molecule is COC(=O)C[C@H]1S[C@H](c2cccc(OC)c2OC)c2cc(Cl)ccc2-n2c1nnc2C(F)(F)F. The van der Waals surface area contributed by atoms with E-state index >= 15 is 0 Å². The summed E-state index contributed by atoms with van der Waals surface area (Å²) in [7, 11) is 4.18. The maximum atomic E-state index is 13.9. The largest absolute Gasteiger partial charge is 0.493 e. The van der Waals surface area contributed by atoms with Gasteiger partial charge in [0.1, 0.15) is 0 Å². The smallest absolute Gasteiger partial charge is 0.452 e. The van der Waals surface area contributed by atoms with Crippen LogP contribution in [0.4, 0.5) is 13.2 Å². The second kappa shape index (κ2) is 9.38. The van der Waals surface area contributed by atoms with Crippen LogP contribution in [0.5, 0.6) is 11.5 Å². The molecule has 0 radical (unpaired) electrons. The molecule has 0 N–H and O–H groups in total. The number of halogens is 4. The van der Waals surface area contributed by atoms with Crippen molar-refractivity contribution in [1.82, 2.24) is 14.8 Å². The molecule has 1 aliphatic rings. The van der Waals surface area contributed by atoms with Crippen molar-refractivity contribution in [3.05, 3.63) is 64.2 Å². The van der Waals surface area contributed by atoms with Crippen molar-refractivity contribution < 1.29 is 32.2 Å². The number of rotatable bonds is 5. The topological polar surface area (TPSA) is 75.5 Å². The normalized spacial score (nSPS) is 17.4. The van der Waals surface area contributed by atoms with E-state index in [9.17, 15) is 18.0 Å². The molecule has 0 unspecified atom stereocenters. The van der Waals surface area contributed by atoms with Crippen LogP contribution in [0.3, 0.4) is 0 Å². The molecule has 2 aromatic carbocycles. The Morgan fingerprint density at radius 3 is 2.53 bits per heavy atom. The van der Waals surface area contributed by atoms with Crippen molar-refractivity contribution in [1.29, 1.82) is 0 Å². The average molecular weight is 514 g/mol. The monoisotopic (exact) mass is 513 g/mol. The Hall–Kier alpha value is -2.92. The minimum atomic E-state index is -4.78. The van der Waals surface area contributed by atoms with Crippen LogP contribution in [0, 0.1) is 0 Å². The van der Waals surface area contributed by atoms with E-state index in [1.807, 2.05) is 0 Å². The molecule has 0 bridgehead atoms. The van der Waals surface area contributed by atoms with Gasteiger partial charge in [-0.25, -0.2) is 0 Å². The van der Waals surface area contributed by atoms with Gasteiger partial charge in [0.05, 0.1) is 43.9 Å². The summed E-state index contributed by atoms with van der Waals surface area (Å²) in [5.41, 5.74) is 1.31. The summed E-state index contributed by atoms with van der Waals surface area (Å²) in [5, 5.41) is 6.20. The van der Waals surface area contributed by atoms with E-state index in [-0.39, 0.29) is 17.9 Å². The lowest BCUT2D eigenvalue weighted by atomic mass is 10.0. The maximum Gasteiger partial charge on any atom is 0.452 e. The molecule has 12 heteroatoms. The van der Waals surface area contributed by atoms with Crippen molar-refractivity contribution in [3.8, 4) is 17.2 Å². The number of fused-ring (bicyclic) bond motifs is 3. The number of aromatic nitrogens is 3. The number of thioether (sulfide) groups is 1. The zero-order valence-electron chi connectivity index (χ0n) is 18.2. The van der Waals surface area contributed by atoms with Gasteiger partial charge in [-0.15, -0.1) is 22.0 Å². The van der Waals surface area contributed by atoms with Crippen LogP contribution in [-0.4, -0.2) is 42.1 Å². The molecular formula is C22H19ClF3N3O4S. The summed E-state index contributed by atoms with van der Waals surface area (Å²) in [6.45, 7) is 0. The lowest BCUT2D eigenvalue weighted by molar-refractivity contribution is -0.146. The van der Waals surface area contributed by atoms with E-state index in [1.165, 1.54) is 45.2 Å². The van der Waals surface area contributed by atoms with E-state index in [0.717, 1.165) is 4.57 Å². The molecule has 1 aromatic heterocycles. The summed E-state index contributed by atoms with van der Waals surface area (Å²) in [4.78, 5) is 12.2. The first-order valence-electron chi connectivity index (χ1n) is 9.95. The van der Waals surface area contributed by atoms with Gasteiger partial charge in [-0.3, -0.25) is 9.36 Å². The van der Waals surface area contributed by atoms with Gasteiger partial charge in [-0.1, -0.05) is 23.7 Å². The zero-order valence-corrected chi connectivity index (χ0v) is 19.8. The van der Waals surface area contributed by atoms with Gasteiger partial charge in [0.2, 0.25) is 5.82 Å². The molecule has 0 aliphatic carbocycles.